The largest absolute Gasteiger partial charge is 0.355 e. The first-order valence-corrected chi connectivity index (χ1v) is 7.91. The van der Waals surface area contributed by atoms with Crippen LogP contribution in [0, 0.1) is 11.3 Å². The third kappa shape index (κ3) is 3.04. The molecule has 118 valence electrons. The third-order valence-corrected chi connectivity index (χ3v) is 3.96. The summed E-state index contributed by atoms with van der Waals surface area (Å²) in [7, 11) is 0. The van der Waals surface area contributed by atoms with Crippen LogP contribution in [-0.2, 0) is 0 Å². The number of anilines is 2. The number of benzene rings is 2. The molecular formula is C21H14N4. The molecule has 0 atom stereocenters. The van der Waals surface area contributed by atoms with E-state index >= 15 is 0 Å². The number of aromatic nitrogens is 2. The standard InChI is InChI=1S/C21H14N4/c22-14-15-4-3-5-16(12-15)20-13-21(24-17-8-10-23-11-9-17)18-6-1-2-7-19(18)25-20/h1-13H,(H,23,24,25). The molecule has 0 radical (unpaired) electrons. The van der Waals surface area contributed by atoms with Gasteiger partial charge in [-0.2, -0.15) is 5.26 Å². The lowest BCUT2D eigenvalue weighted by molar-refractivity contribution is 1.32. The van der Waals surface area contributed by atoms with Crippen LogP contribution in [0.25, 0.3) is 22.2 Å². The minimum Gasteiger partial charge on any atom is -0.355 e. The number of nitrogens with one attached hydrogen (secondary N) is 1. The summed E-state index contributed by atoms with van der Waals surface area (Å²) >= 11 is 0. The van der Waals surface area contributed by atoms with Crippen molar-refractivity contribution in [1.82, 2.24) is 9.97 Å². The summed E-state index contributed by atoms with van der Waals surface area (Å²) in [6.07, 6.45) is 3.51. The van der Waals surface area contributed by atoms with Crippen molar-refractivity contribution in [1.29, 1.82) is 5.26 Å². The molecular weight excluding hydrogens is 308 g/mol. The smallest absolute Gasteiger partial charge is 0.0991 e. The van der Waals surface area contributed by atoms with Gasteiger partial charge in [-0.15, -0.1) is 0 Å². The summed E-state index contributed by atoms with van der Waals surface area (Å²) in [4.78, 5) is 8.81. The number of para-hydroxylation sites is 1. The van der Waals surface area contributed by atoms with Gasteiger partial charge in [-0.25, -0.2) is 4.98 Å². The third-order valence-electron chi connectivity index (χ3n) is 3.96. The molecule has 0 unspecified atom stereocenters. The fourth-order valence-corrected chi connectivity index (χ4v) is 2.77. The number of pyridine rings is 2. The van der Waals surface area contributed by atoms with Crippen LogP contribution in [0.15, 0.2) is 79.1 Å². The van der Waals surface area contributed by atoms with Crippen molar-refractivity contribution in [3.63, 3.8) is 0 Å². The predicted octanol–water partition coefficient (Wildman–Crippen LogP) is 4.91. The van der Waals surface area contributed by atoms with Crippen molar-refractivity contribution in [3.8, 4) is 17.3 Å². The number of nitriles is 1. The second kappa shape index (κ2) is 6.42. The lowest BCUT2D eigenvalue weighted by Crippen LogP contribution is -1.95. The van der Waals surface area contributed by atoms with Crippen molar-refractivity contribution in [2.45, 2.75) is 0 Å². The lowest BCUT2D eigenvalue weighted by atomic mass is 10.1. The Balaban J connectivity index is 1.87. The number of hydrogen-bond donors (Lipinski definition) is 1. The van der Waals surface area contributed by atoms with E-state index in [9.17, 15) is 0 Å². The molecule has 1 N–H and O–H groups in total. The van der Waals surface area contributed by atoms with Crippen molar-refractivity contribution >= 4 is 22.3 Å². The van der Waals surface area contributed by atoms with Gasteiger partial charge in [0.25, 0.3) is 0 Å². The van der Waals surface area contributed by atoms with Gasteiger partial charge in [-0.1, -0.05) is 30.3 Å². The van der Waals surface area contributed by atoms with Crippen molar-refractivity contribution in [2.75, 3.05) is 5.32 Å². The molecule has 0 amide bonds. The van der Waals surface area contributed by atoms with Gasteiger partial charge in [-0.3, -0.25) is 4.98 Å². The summed E-state index contributed by atoms with van der Waals surface area (Å²) in [5.74, 6) is 0. The Labute approximate surface area is 145 Å². The van der Waals surface area contributed by atoms with Crippen LogP contribution in [0.4, 0.5) is 11.4 Å². The number of rotatable bonds is 3. The molecule has 4 rings (SSSR count). The molecule has 0 saturated carbocycles. The fraction of sp³-hybridized carbons (Fsp3) is 0. The van der Waals surface area contributed by atoms with E-state index in [4.69, 9.17) is 10.2 Å². The van der Waals surface area contributed by atoms with E-state index in [1.54, 1.807) is 18.5 Å². The van der Waals surface area contributed by atoms with Gasteiger partial charge in [-0.05, 0) is 36.4 Å². The quantitative estimate of drug-likeness (QED) is 0.582. The summed E-state index contributed by atoms with van der Waals surface area (Å²) in [5, 5.41) is 13.6. The highest BCUT2D eigenvalue weighted by Gasteiger charge is 2.08. The van der Waals surface area contributed by atoms with E-state index in [-0.39, 0.29) is 0 Å². The van der Waals surface area contributed by atoms with Crippen LogP contribution in [0.2, 0.25) is 0 Å². The van der Waals surface area contributed by atoms with Gasteiger partial charge in [0.15, 0.2) is 0 Å². The zero-order valence-corrected chi connectivity index (χ0v) is 13.3. The van der Waals surface area contributed by atoms with Crippen LogP contribution in [0.3, 0.4) is 0 Å². The predicted molar refractivity (Wildman–Crippen MR) is 99.4 cm³/mol. The molecule has 4 aromatic rings. The van der Waals surface area contributed by atoms with E-state index < -0.39 is 0 Å². The highest BCUT2D eigenvalue weighted by atomic mass is 14.9. The SMILES string of the molecule is N#Cc1cccc(-c2cc(Nc3ccncc3)c3ccccc3n2)c1. The Bertz CT molecular complexity index is 1080. The molecule has 0 bridgehead atoms. The normalized spacial score (nSPS) is 10.4. The van der Waals surface area contributed by atoms with Crippen LogP contribution < -0.4 is 5.32 Å². The average Bonchev–Trinajstić information content (AvgIpc) is 2.69. The Morgan fingerprint density at radius 2 is 1.72 bits per heavy atom. The van der Waals surface area contributed by atoms with E-state index in [2.05, 4.69) is 16.4 Å². The van der Waals surface area contributed by atoms with Gasteiger partial charge < -0.3 is 5.32 Å². The maximum Gasteiger partial charge on any atom is 0.0991 e. The van der Waals surface area contributed by atoms with Gasteiger partial charge in [0, 0.05) is 29.0 Å². The van der Waals surface area contributed by atoms with Crippen LogP contribution in [0.1, 0.15) is 5.56 Å². The Morgan fingerprint density at radius 1 is 0.880 bits per heavy atom. The Kier molecular flexibility index (Phi) is 3.82. The van der Waals surface area contributed by atoms with Crippen molar-refractivity contribution in [3.05, 3.63) is 84.7 Å². The van der Waals surface area contributed by atoms with E-state index in [0.29, 0.717) is 5.56 Å². The molecule has 0 fully saturated rings. The minimum atomic E-state index is 0.621. The molecule has 0 saturated heterocycles. The molecule has 0 aliphatic rings. The minimum absolute atomic E-state index is 0.621. The molecule has 25 heavy (non-hydrogen) atoms. The zero-order valence-electron chi connectivity index (χ0n) is 13.3. The second-order valence-corrected chi connectivity index (χ2v) is 5.63. The molecule has 0 aliphatic heterocycles. The molecule has 2 heterocycles. The highest BCUT2D eigenvalue weighted by molar-refractivity contribution is 5.95. The van der Waals surface area contributed by atoms with Crippen LogP contribution in [0.5, 0.6) is 0 Å². The number of hydrogen-bond acceptors (Lipinski definition) is 4. The Morgan fingerprint density at radius 3 is 2.56 bits per heavy atom. The first kappa shape index (κ1) is 14.9. The Hall–Kier alpha value is -3.71. The van der Waals surface area contributed by atoms with E-state index in [1.807, 2.05) is 60.7 Å². The summed E-state index contributed by atoms with van der Waals surface area (Å²) in [5.41, 5.74) is 5.20. The average molecular weight is 322 g/mol. The molecule has 2 aromatic carbocycles. The topological polar surface area (TPSA) is 61.6 Å². The zero-order chi connectivity index (χ0) is 17.1. The van der Waals surface area contributed by atoms with Gasteiger partial charge >= 0.3 is 0 Å². The fourth-order valence-electron chi connectivity index (χ4n) is 2.77. The summed E-state index contributed by atoms with van der Waals surface area (Å²) < 4.78 is 0. The molecule has 0 aliphatic carbocycles. The maximum atomic E-state index is 9.14. The van der Waals surface area contributed by atoms with Crippen molar-refractivity contribution in [2.24, 2.45) is 0 Å². The van der Waals surface area contributed by atoms with Crippen LogP contribution >= 0.6 is 0 Å². The van der Waals surface area contributed by atoms with E-state index in [1.165, 1.54) is 0 Å². The summed E-state index contributed by atoms with van der Waals surface area (Å²) in [6, 6.07) is 23.5. The van der Waals surface area contributed by atoms with Crippen LogP contribution in [-0.4, -0.2) is 9.97 Å². The highest BCUT2D eigenvalue weighted by Crippen LogP contribution is 2.30. The molecule has 2 aromatic heterocycles. The van der Waals surface area contributed by atoms with Gasteiger partial charge in [0.05, 0.1) is 28.5 Å². The first-order valence-electron chi connectivity index (χ1n) is 7.91. The second-order valence-electron chi connectivity index (χ2n) is 5.63. The van der Waals surface area contributed by atoms with E-state index in [0.717, 1.165) is 33.5 Å². The number of fused-ring (bicyclic) bond motifs is 1. The lowest BCUT2D eigenvalue weighted by Gasteiger charge is -2.12. The first-order chi connectivity index (χ1) is 12.3. The number of nitrogens with zero attached hydrogens (tertiary/aromatic N) is 3. The summed E-state index contributed by atoms with van der Waals surface area (Å²) in [6.45, 7) is 0. The van der Waals surface area contributed by atoms with Crippen molar-refractivity contribution < 1.29 is 0 Å². The molecule has 0 spiro atoms. The maximum absolute atomic E-state index is 9.14. The monoisotopic (exact) mass is 322 g/mol. The molecule has 4 heteroatoms. The van der Waals surface area contributed by atoms with Gasteiger partial charge in [0.1, 0.15) is 0 Å². The molecule has 4 nitrogen and oxygen atoms in total. The van der Waals surface area contributed by atoms with Gasteiger partial charge in [0.2, 0.25) is 0 Å².